The third-order valence-corrected chi connectivity index (χ3v) is 8.97. The van der Waals surface area contributed by atoms with Gasteiger partial charge in [0.15, 0.2) is 11.7 Å². The van der Waals surface area contributed by atoms with E-state index in [0.29, 0.717) is 5.57 Å². The molecule has 0 aromatic heterocycles. The van der Waals surface area contributed by atoms with E-state index in [4.69, 9.17) is 40.0 Å². The lowest BCUT2D eigenvalue weighted by Crippen LogP contribution is -2.71. The van der Waals surface area contributed by atoms with Crippen LogP contribution in [0, 0.1) is 17.3 Å². The van der Waals surface area contributed by atoms with Crippen LogP contribution in [-0.4, -0.2) is 89.2 Å². The van der Waals surface area contributed by atoms with Gasteiger partial charge in [-0.2, -0.15) is 0 Å². The average molecular weight is 599 g/mol. The highest BCUT2D eigenvalue weighted by atomic mass is 35.5. The molecule has 2 saturated heterocycles. The predicted octanol–water partition coefficient (Wildman–Crippen LogP) is 1.54. The number of carbonyl (C=O) groups excluding carboxylic acids is 5. The van der Waals surface area contributed by atoms with Crippen molar-refractivity contribution in [3.8, 4) is 0 Å². The number of rotatable bonds is 5. The topological polar surface area (TPSA) is 164 Å². The highest BCUT2D eigenvalue weighted by molar-refractivity contribution is 6.19. The lowest BCUT2D eigenvalue weighted by atomic mass is 9.52. The van der Waals surface area contributed by atoms with Crippen LogP contribution in [0.25, 0.3) is 0 Å². The van der Waals surface area contributed by atoms with Gasteiger partial charge < -0.3 is 33.5 Å². The molecule has 226 valence electrons. The molecule has 2 heterocycles. The van der Waals surface area contributed by atoms with Gasteiger partial charge in [0.2, 0.25) is 0 Å². The molecule has 0 radical (unpaired) electrons. The van der Waals surface area contributed by atoms with Crippen molar-refractivity contribution >= 4 is 41.4 Å². The normalized spacial score (nSPS) is 43.3. The van der Waals surface area contributed by atoms with E-state index in [1.54, 1.807) is 19.1 Å². The molecule has 41 heavy (non-hydrogen) atoms. The maximum absolute atomic E-state index is 13.0. The summed E-state index contributed by atoms with van der Waals surface area (Å²) in [6.07, 6.45) is -1.68. The third kappa shape index (κ3) is 5.25. The second-order valence-corrected chi connectivity index (χ2v) is 11.5. The average Bonchev–Trinajstić information content (AvgIpc) is 3.62. The van der Waals surface area contributed by atoms with E-state index in [0.717, 1.165) is 6.92 Å². The number of hydrogen-bond donors (Lipinski definition) is 1. The lowest BCUT2D eigenvalue weighted by molar-refractivity contribution is -0.252. The molecule has 0 bridgehead atoms. The van der Waals surface area contributed by atoms with Crippen LogP contribution < -0.4 is 0 Å². The van der Waals surface area contributed by atoms with Crippen LogP contribution in [0.2, 0.25) is 0 Å². The lowest BCUT2D eigenvalue weighted by Gasteiger charge is -2.57. The molecule has 13 heteroatoms. The van der Waals surface area contributed by atoms with Gasteiger partial charge in [-0.25, -0.2) is 0 Å². The summed E-state index contributed by atoms with van der Waals surface area (Å²) in [7, 11) is 0. The summed E-state index contributed by atoms with van der Waals surface area (Å²) in [6, 6.07) is 0. The number of alkyl halides is 1. The van der Waals surface area contributed by atoms with Crippen molar-refractivity contribution in [2.75, 3.05) is 12.5 Å². The maximum atomic E-state index is 13.0. The van der Waals surface area contributed by atoms with Gasteiger partial charge in [0.1, 0.15) is 30.0 Å². The number of aliphatic hydroxyl groups is 1. The molecule has 2 aliphatic heterocycles. The fourth-order valence-corrected chi connectivity index (χ4v) is 6.91. The quantitative estimate of drug-likeness (QED) is 0.210. The van der Waals surface area contributed by atoms with Crippen LogP contribution in [0.4, 0.5) is 0 Å². The van der Waals surface area contributed by atoms with Gasteiger partial charge in [-0.05, 0) is 24.6 Å². The van der Waals surface area contributed by atoms with Crippen molar-refractivity contribution in [2.45, 2.75) is 89.7 Å². The van der Waals surface area contributed by atoms with Crippen LogP contribution in [0.1, 0.15) is 48.0 Å². The molecule has 12 nitrogen and oxygen atoms in total. The van der Waals surface area contributed by atoms with Crippen molar-refractivity contribution in [2.24, 2.45) is 17.3 Å². The van der Waals surface area contributed by atoms with E-state index in [9.17, 15) is 29.1 Å². The first-order valence-corrected chi connectivity index (χ1v) is 13.8. The number of epoxide rings is 1. The number of allylic oxidation sites excluding steroid dienone is 2. The number of fused-ring (bicyclic) bond motifs is 3. The minimum atomic E-state index is -2.20. The highest BCUT2D eigenvalue weighted by Gasteiger charge is 2.78. The standard InChI is InChI=1S/C28H35ClO12/c1-13-25(34)41-22-9-18(11-29)7-8-19(37-14(2)30)26(6)20(38-15(3)31)10-21(39-16(4)32)27(12-36-27)23(26)24(28(13,22)35)40-17(5)33/h7-9,13,19-24,35H,10-12H2,1-6H3/b8-7+,18-9+/t13-,19-,20-,21+,22-,23+,24?,26-,27+,28-/m0/s1. The van der Waals surface area contributed by atoms with Crippen molar-refractivity contribution in [1.29, 1.82) is 0 Å². The maximum Gasteiger partial charge on any atom is 0.312 e. The van der Waals surface area contributed by atoms with Crippen molar-refractivity contribution < 1.29 is 57.5 Å². The second kappa shape index (κ2) is 11.0. The van der Waals surface area contributed by atoms with Crippen LogP contribution in [-0.2, 0) is 52.4 Å². The highest BCUT2D eigenvalue weighted by Crippen LogP contribution is 2.62. The Kier molecular flexibility index (Phi) is 8.34. The number of hydrogen-bond acceptors (Lipinski definition) is 12. The van der Waals surface area contributed by atoms with Crippen molar-refractivity contribution in [3.63, 3.8) is 0 Å². The first-order valence-electron chi connectivity index (χ1n) is 13.3. The summed E-state index contributed by atoms with van der Waals surface area (Å²) in [5.41, 5.74) is -4.65. The minimum Gasteiger partial charge on any atom is -0.462 e. The van der Waals surface area contributed by atoms with E-state index >= 15 is 0 Å². The fraction of sp³-hybridized carbons (Fsp3) is 0.679. The number of carbonyl (C=O) groups is 5. The number of ether oxygens (including phenoxy) is 6. The predicted molar refractivity (Wildman–Crippen MR) is 139 cm³/mol. The van der Waals surface area contributed by atoms with Crippen molar-refractivity contribution in [1.82, 2.24) is 0 Å². The van der Waals surface area contributed by atoms with E-state index < -0.39 is 88.8 Å². The Labute approximate surface area is 242 Å². The third-order valence-electron chi connectivity index (χ3n) is 8.67. The zero-order valence-corrected chi connectivity index (χ0v) is 24.5. The number of esters is 5. The van der Waals surface area contributed by atoms with Gasteiger partial charge in [-0.15, -0.1) is 11.6 Å². The molecule has 0 aromatic rings. The van der Waals surface area contributed by atoms with E-state index in [1.165, 1.54) is 33.8 Å². The summed E-state index contributed by atoms with van der Waals surface area (Å²) in [4.78, 5) is 62.7. The van der Waals surface area contributed by atoms with Gasteiger partial charge in [-0.3, -0.25) is 24.0 Å². The Morgan fingerprint density at radius 1 is 1.00 bits per heavy atom. The van der Waals surface area contributed by atoms with Gasteiger partial charge in [0.25, 0.3) is 0 Å². The molecule has 3 fully saturated rings. The Morgan fingerprint density at radius 3 is 2.07 bits per heavy atom. The summed E-state index contributed by atoms with van der Waals surface area (Å²) in [5.74, 6) is -6.02. The molecule has 10 atom stereocenters. The Hall–Kier alpha value is -2.96. The fourth-order valence-electron chi connectivity index (χ4n) is 6.73. The smallest absolute Gasteiger partial charge is 0.312 e. The minimum absolute atomic E-state index is 0.00103. The SMILES string of the molecule is CC(=O)OC1[C@H]2[C@@]3(CO3)[C@H](OC(C)=O)C[C@H](OC(C)=O)[C@]2(C)[C@@H](OC(C)=O)/C=C/C(CCl)=C\[C@@H]2OC(=O)[C@H](C)[C@@]12O. The van der Waals surface area contributed by atoms with Gasteiger partial charge >= 0.3 is 29.8 Å². The van der Waals surface area contributed by atoms with Crippen LogP contribution in [0.15, 0.2) is 23.8 Å². The molecule has 0 amide bonds. The molecule has 0 aromatic carbocycles. The zero-order chi connectivity index (χ0) is 30.5. The van der Waals surface area contributed by atoms with Gasteiger partial charge in [0, 0.05) is 45.9 Å². The molecule has 4 aliphatic rings. The van der Waals surface area contributed by atoms with E-state index in [1.807, 2.05) is 0 Å². The Bertz CT molecular complexity index is 1190. The first kappa shape index (κ1) is 31.0. The summed E-state index contributed by atoms with van der Waals surface area (Å²) < 4.78 is 34.8. The van der Waals surface area contributed by atoms with Gasteiger partial charge in [-0.1, -0.05) is 13.0 Å². The molecule has 4 rings (SSSR count). The molecule has 1 spiro atoms. The van der Waals surface area contributed by atoms with Crippen LogP contribution in [0.5, 0.6) is 0 Å². The van der Waals surface area contributed by atoms with E-state index in [-0.39, 0.29) is 18.9 Å². The largest absolute Gasteiger partial charge is 0.462 e. The van der Waals surface area contributed by atoms with Crippen LogP contribution in [0.3, 0.4) is 0 Å². The van der Waals surface area contributed by atoms with Crippen molar-refractivity contribution in [3.05, 3.63) is 23.8 Å². The van der Waals surface area contributed by atoms with Gasteiger partial charge in [0.05, 0.1) is 17.9 Å². The number of halogens is 1. The Balaban J connectivity index is 2.09. The molecule has 1 unspecified atom stereocenters. The molecular weight excluding hydrogens is 564 g/mol. The zero-order valence-electron chi connectivity index (χ0n) is 23.7. The summed E-state index contributed by atoms with van der Waals surface area (Å²) in [5, 5.41) is 12.5. The molecule has 1 saturated carbocycles. The molecular formula is C28H35ClO12. The van der Waals surface area contributed by atoms with Crippen LogP contribution >= 0.6 is 11.6 Å². The second-order valence-electron chi connectivity index (χ2n) is 11.3. The summed E-state index contributed by atoms with van der Waals surface area (Å²) >= 11 is 6.20. The van der Waals surface area contributed by atoms with E-state index in [2.05, 4.69) is 0 Å². The summed E-state index contributed by atoms with van der Waals surface area (Å²) in [6.45, 7) is 7.83. The molecule has 2 aliphatic carbocycles. The Morgan fingerprint density at radius 2 is 1.56 bits per heavy atom. The monoisotopic (exact) mass is 598 g/mol. The molecule has 1 N–H and O–H groups in total. The first-order chi connectivity index (χ1) is 19.1.